The normalized spacial score (nSPS) is 17.1. The Morgan fingerprint density at radius 1 is 1.35 bits per heavy atom. The Bertz CT molecular complexity index is 424. The monoisotopic (exact) mass is 283 g/mol. The SMILES string of the molecule is CCNC(CC1OCCO1)c1ncc(OC)nc1OC. The highest BCUT2D eigenvalue weighted by molar-refractivity contribution is 5.25. The standard InChI is InChI=1S/C13H21N3O4/c1-4-14-9(7-11-19-5-6-20-11)12-13(18-3)16-10(17-2)8-15-12/h8-9,11,14H,4-7H2,1-3H3. The molecule has 1 saturated heterocycles. The molecule has 1 aliphatic rings. The third kappa shape index (κ3) is 3.56. The lowest BCUT2D eigenvalue weighted by molar-refractivity contribution is -0.0533. The van der Waals surface area contributed by atoms with Crippen LogP contribution in [0.15, 0.2) is 6.20 Å². The molecule has 0 bridgehead atoms. The topological polar surface area (TPSA) is 74.7 Å². The molecule has 1 atom stereocenters. The molecule has 1 unspecified atom stereocenters. The van der Waals surface area contributed by atoms with Crippen LogP contribution < -0.4 is 14.8 Å². The molecule has 1 aliphatic heterocycles. The van der Waals surface area contributed by atoms with Crippen molar-refractivity contribution in [2.75, 3.05) is 34.0 Å². The van der Waals surface area contributed by atoms with Gasteiger partial charge in [0.1, 0.15) is 5.69 Å². The van der Waals surface area contributed by atoms with Crippen molar-refractivity contribution in [2.24, 2.45) is 0 Å². The number of aromatic nitrogens is 2. The van der Waals surface area contributed by atoms with E-state index < -0.39 is 0 Å². The molecule has 1 fully saturated rings. The molecule has 2 heterocycles. The molecule has 2 rings (SSSR count). The van der Waals surface area contributed by atoms with Crippen molar-refractivity contribution < 1.29 is 18.9 Å². The fourth-order valence-corrected chi connectivity index (χ4v) is 2.13. The molecule has 1 aromatic heterocycles. The van der Waals surface area contributed by atoms with Gasteiger partial charge in [-0.3, -0.25) is 0 Å². The fourth-order valence-electron chi connectivity index (χ4n) is 2.13. The lowest BCUT2D eigenvalue weighted by Gasteiger charge is -2.21. The zero-order valence-corrected chi connectivity index (χ0v) is 12.1. The zero-order valence-electron chi connectivity index (χ0n) is 12.1. The van der Waals surface area contributed by atoms with Crippen LogP contribution in [0, 0.1) is 0 Å². The first-order valence-corrected chi connectivity index (χ1v) is 6.70. The van der Waals surface area contributed by atoms with Gasteiger partial charge >= 0.3 is 0 Å². The van der Waals surface area contributed by atoms with Gasteiger partial charge in [-0.2, -0.15) is 4.98 Å². The number of rotatable bonds is 7. The van der Waals surface area contributed by atoms with Gasteiger partial charge in [0.15, 0.2) is 6.29 Å². The molecule has 1 aromatic rings. The molecule has 0 spiro atoms. The Hall–Kier alpha value is -1.44. The van der Waals surface area contributed by atoms with E-state index in [4.69, 9.17) is 18.9 Å². The van der Waals surface area contributed by atoms with Gasteiger partial charge in [-0.05, 0) is 6.54 Å². The molecule has 0 saturated carbocycles. The third-order valence-electron chi connectivity index (χ3n) is 3.05. The number of methoxy groups -OCH3 is 2. The molecule has 0 amide bonds. The van der Waals surface area contributed by atoms with E-state index in [0.29, 0.717) is 31.4 Å². The van der Waals surface area contributed by atoms with Gasteiger partial charge in [-0.25, -0.2) is 4.98 Å². The summed E-state index contributed by atoms with van der Waals surface area (Å²) < 4.78 is 21.4. The van der Waals surface area contributed by atoms with Crippen molar-refractivity contribution in [3.05, 3.63) is 11.9 Å². The van der Waals surface area contributed by atoms with Crippen LogP contribution >= 0.6 is 0 Å². The molecule has 0 radical (unpaired) electrons. The van der Waals surface area contributed by atoms with Crippen LogP contribution in [0.25, 0.3) is 0 Å². The van der Waals surface area contributed by atoms with E-state index >= 15 is 0 Å². The first kappa shape index (κ1) is 15.0. The minimum atomic E-state index is -0.215. The first-order valence-electron chi connectivity index (χ1n) is 6.70. The quantitative estimate of drug-likeness (QED) is 0.797. The molecule has 0 aromatic carbocycles. The van der Waals surface area contributed by atoms with Gasteiger partial charge in [0.25, 0.3) is 0 Å². The van der Waals surface area contributed by atoms with Gasteiger partial charge in [-0.15, -0.1) is 0 Å². The summed E-state index contributed by atoms with van der Waals surface area (Å²) in [5.41, 5.74) is 0.731. The summed E-state index contributed by atoms with van der Waals surface area (Å²) in [7, 11) is 3.11. The van der Waals surface area contributed by atoms with Crippen molar-refractivity contribution in [2.45, 2.75) is 25.7 Å². The van der Waals surface area contributed by atoms with Gasteiger partial charge < -0.3 is 24.3 Å². The summed E-state index contributed by atoms with van der Waals surface area (Å²) in [6, 6.07) is -0.0449. The molecular weight excluding hydrogens is 262 g/mol. The maximum Gasteiger partial charge on any atom is 0.240 e. The first-order chi connectivity index (χ1) is 9.78. The number of hydrogen-bond donors (Lipinski definition) is 1. The summed E-state index contributed by atoms with van der Waals surface area (Å²) in [4.78, 5) is 8.65. The maximum atomic E-state index is 5.49. The van der Waals surface area contributed by atoms with E-state index in [1.54, 1.807) is 20.4 Å². The van der Waals surface area contributed by atoms with E-state index in [9.17, 15) is 0 Å². The molecule has 7 nitrogen and oxygen atoms in total. The summed E-state index contributed by atoms with van der Waals surface area (Å²) in [6.45, 7) is 4.10. The Morgan fingerprint density at radius 2 is 2.10 bits per heavy atom. The van der Waals surface area contributed by atoms with Crippen LogP contribution in [0.3, 0.4) is 0 Å². The zero-order chi connectivity index (χ0) is 14.4. The van der Waals surface area contributed by atoms with Gasteiger partial charge in [-0.1, -0.05) is 6.92 Å². The van der Waals surface area contributed by atoms with Gasteiger partial charge in [0, 0.05) is 6.42 Å². The lowest BCUT2D eigenvalue weighted by Crippen LogP contribution is -2.27. The highest BCUT2D eigenvalue weighted by Gasteiger charge is 2.26. The van der Waals surface area contributed by atoms with E-state index in [1.807, 2.05) is 6.92 Å². The third-order valence-corrected chi connectivity index (χ3v) is 3.05. The van der Waals surface area contributed by atoms with Crippen molar-refractivity contribution in [1.29, 1.82) is 0 Å². The van der Waals surface area contributed by atoms with Crippen LogP contribution in [-0.4, -0.2) is 50.2 Å². The minimum absolute atomic E-state index is 0.0449. The Kier molecular flexibility index (Phi) is 5.51. The highest BCUT2D eigenvalue weighted by Crippen LogP contribution is 2.28. The van der Waals surface area contributed by atoms with E-state index in [1.165, 1.54) is 0 Å². The second-order valence-electron chi connectivity index (χ2n) is 4.32. The average Bonchev–Trinajstić information content (AvgIpc) is 2.99. The molecule has 112 valence electrons. The van der Waals surface area contributed by atoms with Gasteiger partial charge in [0.05, 0.1) is 39.7 Å². The number of ether oxygens (including phenoxy) is 4. The Balaban J connectivity index is 2.18. The van der Waals surface area contributed by atoms with Crippen molar-refractivity contribution >= 4 is 0 Å². The Labute approximate surface area is 118 Å². The second-order valence-corrected chi connectivity index (χ2v) is 4.32. The number of nitrogens with one attached hydrogen (secondary N) is 1. The largest absolute Gasteiger partial charge is 0.480 e. The fraction of sp³-hybridized carbons (Fsp3) is 0.692. The van der Waals surface area contributed by atoms with Crippen molar-refractivity contribution in [1.82, 2.24) is 15.3 Å². The van der Waals surface area contributed by atoms with E-state index in [2.05, 4.69) is 15.3 Å². The molecule has 20 heavy (non-hydrogen) atoms. The molecule has 7 heteroatoms. The van der Waals surface area contributed by atoms with Crippen molar-refractivity contribution in [3.8, 4) is 11.8 Å². The summed E-state index contributed by atoms with van der Waals surface area (Å²) >= 11 is 0. The van der Waals surface area contributed by atoms with Crippen LogP contribution in [-0.2, 0) is 9.47 Å². The van der Waals surface area contributed by atoms with Crippen LogP contribution in [0.4, 0.5) is 0 Å². The highest BCUT2D eigenvalue weighted by atomic mass is 16.7. The van der Waals surface area contributed by atoms with Crippen LogP contribution in [0.5, 0.6) is 11.8 Å². The number of hydrogen-bond acceptors (Lipinski definition) is 7. The summed E-state index contributed by atoms with van der Waals surface area (Å²) in [5, 5.41) is 3.35. The summed E-state index contributed by atoms with van der Waals surface area (Å²) in [5.74, 6) is 0.877. The van der Waals surface area contributed by atoms with Crippen molar-refractivity contribution in [3.63, 3.8) is 0 Å². The van der Waals surface area contributed by atoms with Crippen LogP contribution in [0.1, 0.15) is 25.1 Å². The van der Waals surface area contributed by atoms with E-state index in [0.717, 1.165) is 12.2 Å². The molecular formula is C13H21N3O4. The van der Waals surface area contributed by atoms with Gasteiger partial charge in [0.2, 0.25) is 11.8 Å². The molecule has 0 aliphatic carbocycles. The van der Waals surface area contributed by atoms with E-state index in [-0.39, 0.29) is 12.3 Å². The maximum absolute atomic E-state index is 5.49. The van der Waals surface area contributed by atoms with Crippen LogP contribution in [0.2, 0.25) is 0 Å². The predicted molar refractivity (Wildman–Crippen MR) is 71.9 cm³/mol. The molecule has 1 N–H and O–H groups in total. The lowest BCUT2D eigenvalue weighted by atomic mass is 10.1. The second kappa shape index (κ2) is 7.37. The average molecular weight is 283 g/mol. The summed E-state index contributed by atoms with van der Waals surface area (Å²) in [6.07, 6.45) is 2.02. The smallest absolute Gasteiger partial charge is 0.240 e. The Morgan fingerprint density at radius 3 is 2.70 bits per heavy atom. The number of nitrogens with zero attached hydrogens (tertiary/aromatic N) is 2. The predicted octanol–water partition coefficient (Wildman–Crippen LogP) is 0.907. The minimum Gasteiger partial charge on any atom is -0.480 e.